The number of aromatic nitrogens is 2. The summed E-state index contributed by atoms with van der Waals surface area (Å²) in [5.74, 6) is 0. The van der Waals surface area contributed by atoms with Crippen molar-refractivity contribution in [3.63, 3.8) is 0 Å². The quantitative estimate of drug-likeness (QED) is 0.706. The van der Waals surface area contributed by atoms with Gasteiger partial charge >= 0.3 is 5.69 Å². The summed E-state index contributed by atoms with van der Waals surface area (Å²) in [5.41, 5.74) is 9.24. The Morgan fingerprint density at radius 3 is 3.00 bits per heavy atom. The molecule has 5 heteroatoms. The molecule has 84 valence electrons. The van der Waals surface area contributed by atoms with Gasteiger partial charge < -0.3 is 10.6 Å². The van der Waals surface area contributed by atoms with Crippen LogP contribution < -0.4 is 16.3 Å². The molecule has 2 N–H and O–H groups in total. The van der Waals surface area contributed by atoms with Crippen LogP contribution in [0.15, 0.2) is 16.9 Å². The molecule has 0 aliphatic carbocycles. The molecule has 1 aliphatic heterocycles. The minimum absolute atomic E-state index is 0.121. The first kappa shape index (κ1) is 9.33. The van der Waals surface area contributed by atoms with Gasteiger partial charge in [-0.25, -0.2) is 4.79 Å². The van der Waals surface area contributed by atoms with Gasteiger partial charge in [0.15, 0.2) is 0 Å². The van der Waals surface area contributed by atoms with Gasteiger partial charge in [0.05, 0.1) is 5.52 Å². The molecule has 3 rings (SSSR count). The van der Waals surface area contributed by atoms with Gasteiger partial charge in [0.1, 0.15) is 12.6 Å². The minimum atomic E-state index is -0.121. The van der Waals surface area contributed by atoms with Gasteiger partial charge in [-0.3, -0.25) is 4.57 Å². The average molecular weight is 219 g/mol. The summed E-state index contributed by atoms with van der Waals surface area (Å²) in [5, 5.41) is 0. The van der Waals surface area contributed by atoms with Gasteiger partial charge in [-0.05, 0) is 30.5 Å². The number of imidazole rings is 1. The molecule has 0 saturated heterocycles. The number of benzene rings is 1. The zero-order valence-electron chi connectivity index (χ0n) is 9.06. The second-order valence-electron chi connectivity index (χ2n) is 4.06. The van der Waals surface area contributed by atoms with Gasteiger partial charge in [0.25, 0.3) is 0 Å². The van der Waals surface area contributed by atoms with Crippen LogP contribution >= 0.6 is 0 Å². The maximum atomic E-state index is 12.0. The normalized spacial score (nSPS) is 14.3. The first-order valence-electron chi connectivity index (χ1n) is 5.30. The standard InChI is InChI=1S/C11H13N3O2/c1-16-14-9-6-8(12)5-7-3-2-4-13(10(7)9)11(14)15/h5-6H,2-4,12H2,1H3. The Morgan fingerprint density at radius 2 is 2.25 bits per heavy atom. The third-order valence-electron chi connectivity index (χ3n) is 3.09. The third kappa shape index (κ3) is 1.02. The van der Waals surface area contributed by atoms with Crippen molar-refractivity contribution in [2.24, 2.45) is 0 Å². The fourth-order valence-corrected chi connectivity index (χ4v) is 2.48. The van der Waals surface area contributed by atoms with Crippen molar-refractivity contribution in [3.8, 4) is 0 Å². The van der Waals surface area contributed by atoms with E-state index in [2.05, 4.69) is 0 Å². The topological polar surface area (TPSA) is 62.2 Å². The highest BCUT2D eigenvalue weighted by Gasteiger charge is 2.20. The van der Waals surface area contributed by atoms with E-state index < -0.39 is 0 Å². The summed E-state index contributed by atoms with van der Waals surface area (Å²) in [6.45, 7) is 0.753. The van der Waals surface area contributed by atoms with Crippen LogP contribution in [0.2, 0.25) is 0 Å². The zero-order chi connectivity index (χ0) is 11.3. The van der Waals surface area contributed by atoms with Crippen LogP contribution in [-0.2, 0) is 13.0 Å². The van der Waals surface area contributed by atoms with E-state index in [-0.39, 0.29) is 5.69 Å². The molecule has 2 aromatic rings. The number of hydrogen-bond donors (Lipinski definition) is 1. The molecule has 0 spiro atoms. The van der Waals surface area contributed by atoms with Crippen molar-refractivity contribution < 1.29 is 4.84 Å². The maximum Gasteiger partial charge on any atom is 0.362 e. The molecule has 5 nitrogen and oxygen atoms in total. The molecule has 0 fully saturated rings. The third-order valence-corrected chi connectivity index (χ3v) is 3.09. The number of aryl methyl sites for hydroxylation is 2. The fourth-order valence-electron chi connectivity index (χ4n) is 2.48. The first-order chi connectivity index (χ1) is 7.72. The highest BCUT2D eigenvalue weighted by Crippen LogP contribution is 2.26. The smallest absolute Gasteiger partial charge is 0.362 e. The molecule has 1 aromatic carbocycles. The largest absolute Gasteiger partial charge is 0.412 e. The van der Waals surface area contributed by atoms with Crippen LogP contribution in [0.4, 0.5) is 5.69 Å². The summed E-state index contributed by atoms with van der Waals surface area (Å²) >= 11 is 0. The Morgan fingerprint density at radius 1 is 1.44 bits per heavy atom. The molecular weight excluding hydrogens is 206 g/mol. The predicted octanol–water partition coefficient (Wildman–Crippen LogP) is 0.390. The maximum absolute atomic E-state index is 12.0. The second kappa shape index (κ2) is 3.04. The molecule has 0 bridgehead atoms. The zero-order valence-corrected chi connectivity index (χ0v) is 9.06. The van der Waals surface area contributed by atoms with E-state index in [0.717, 1.165) is 36.0 Å². The molecule has 0 radical (unpaired) electrons. The van der Waals surface area contributed by atoms with Crippen LogP contribution in [0.5, 0.6) is 0 Å². The first-order valence-corrected chi connectivity index (χ1v) is 5.30. The van der Waals surface area contributed by atoms with E-state index in [1.165, 1.54) is 11.8 Å². The molecule has 0 saturated carbocycles. The molecule has 0 amide bonds. The van der Waals surface area contributed by atoms with Crippen molar-refractivity contribution >= 4 is 16.7 Å². The number of nitrogen functional groups attached to an aromatic ring is 1. The van der Waals surface area contributed by atoms with Crippen molar-refractivity contribution in [2.45, 2.75) is 19.4 Å². The minimum Gasteiger partial charge on any atom is -0.412 e. The SMILES string of the molecule is COn1c(=O)n2c3c(cc(N)cc31)CCC2. The molecule has 2 heterocycles. The fraction of sp³-hybridized carbons (Fsp3) is 0.364. The van der Waals surface area contributed by atoms with Crippen LogP contribution in [0.1, 0.15) is 12.0 Å². The van der Waals surface area contributed by atoms with E-state index in [9.17, 15) is 4.79 Å². The Hall–Kier alpha value is -1.91. The lowest BCUT2D eigenvalue weighted by Gasteiger charge is -2.13. The molecule has 0 atom stereocenters. The van der Waals surface area contributed by atoms with Crippen molar-refractivity contribution in [1.82, 2.24) is 9.30 Å². The van der Waals surface area contributed by atoms with Gasteiger partial charge in [0.2, 0.25) is 0 Å². The summed E-state index contributed by atoms with van der Waals surface area (Å²) < 4.78 is 3.07. The monoisotopic (exact) mass is 219 g/mol. The lowest BCUT2D eigenvalue weighted by atomic mass is 10.0. The second-order valence-corrected chi connectivity index (χ2v) is 4.06. The Balaban J connectivity index is 2.54. The van der Waals surface area contributed by atoms with E-state index >= 15 is 0 Å². The molecule has 1 aromatic heterocycles. The number of hydrogen-bond acceptors (Lipinski definition) is 3. The highest BCUT2D eigenvalue weighted by molar-refractivity contribution is 5.83. The number of nitrogens with two attached hydrogens (primary N) is 1. The van der Waals surface area contributed by atoms with Gasteiger partial charge in [-0.1, -0.05) is 0 Å². The van der Waals surface area contributed by atoms with E-state index in [1.807, 2.05) is 6.07 Å². The Kier molecular flexibility index (Phi) is 1.77. The summed E-state index contributed by atoms with van der Waals surface area (Å²) in [6.07, 6.45) is 1.94. The number of nitrogens with zero attached hydrogens (tertiary/aromatic N) is 2. The lowest BCUT2D eigenvalue weighted by molar-refractivity contribution is 0.165. The van der Waals surface area contributed by atoms with E-state index in [0.29, 0.717) is 5.69 Å². The lowest BCUT2D eigenvalue weighted by Crippen LogP contribution is -2.28. The van der Waals surface area contributed by atoms with Crippen LogP contribution in [-0.4, -0.2) is 16.4 Å². The van der Waals surface area contributed by atoms with Crippen molar-refractivity contribution in [2.75, 3.05) is 12.8 Å². The molecular formula is C11H13N3O2. The summed E-state index contributed by atoms with van der Waals surface area (Å²) in [4.78, 5) is 17.1. The highest BCUT2D eigenvalue weighted by atomic mass is 16.7. The van der Waals surface area contributed by atoms with Gasteiger partial charge in [-0.15, -0.1) is 4.73 Å². The average Bonchev–Trinajstić information content (AvgIpc) is 2.53. The van der Waals surface area contributed by atoms with E-state index in [4.69, 9.17) is 10.6 Å². The molecule has 16 heavy (non-hydrogen) atoms. The molecule has 1 aliphatic rings. The van der Waals surface area contributed by atoms with Crippen molar-refractivity contribution in [3.05, 3.63) is 28.2 Å². The van der Waals surface area contributed by atoms with Crippen molar-refractivity contribution in [1.29, 1.82) is 0 Å². The number of anilines is 1. The summed E-state index contributed by atoms with van der Waals surface area (Å²) in [7, 11) is 1.49. The summed E-state index contributed by atoms with van der Waals surface area (Å²) in [6, 6.07) is 3.73. The van der Waals surface area contributed by atoms with Crippen LogP contribution in [0, 0.1) is 0 Å². The number of rotatable bonds is 1. The predicted molar refractivity (Wildman–Crippen MR) is 61.4 cm³/mol. The van der Waals surface area contributed by atoms with Gasteiger partial charge in [-0.2, -0.15) is 0 Å². The van der Waals surface area contributed by atoms with Gasteiger partial charge in [0, 0.05) is 12.2 Å². The Bertz CT molecular complexity index is 624. The van der Waals surface area contributed by atoms with E-state index in [1.54, 1.807) is 10.6 Å². The Labute approximate surface area is 92.0 Å². The van der Waals surface area contributed by atoms with Crippen LogP contribution in [0.3, 0.4) is 0 Å². The molecule has 0 unspecified atom stereocenters. The van der Waals surface area contributed by atoms with Crippen LogP contribution in [0.25, 0.3) is 11.0 Å².